The molecule has 3 atom stereocenters. The van der Waals surface area contributed by atoms with Gasteiger partial charge in [0.15, 0.2) is 5.96 Å². The molecule has 11 N–H and O–H groups in total. The largest absolute Gasteiger partial charge is 0.489 e. The maximum atomic E-state index is 13.6. The second-order valence-corrected chi connectivity index (χ2v) is 12.0. The van der Waals surface area contributed by atoms with E-state index in [1.54, 1.807) is 24.3 Å². The lowest BCUT2D eigenvalue weighted by Crippen LogP contribution is -2.55. The van der Waals surface area contributed by atoms with Crippen molar-refractivity contribution in [1.82, 2.24) is 16.0 Å². The molecule has 16 heteroatoms. The second-order valence-electron chi connectivity index (χ2n) is 12.0. The van der Waals surface area contributed by atoms with Crippen molar-refractivity contribution >= 4 is 29.6 Å². The molecule has 0 saturated carbocycles. The number of aliphatic imine (C=N–C) groups is 1. The molecule has 0 fully saturated rings. The monoisotopic (exact) mass is 726 g/mol. The summed E-state index contributed by atoms with van der Waals surface area (Å²) in [5.74, 6) is -2.35. The Kier molecular flexibility index (Phi) is 15.9. The van der Waals surface area contributed by atoms with Crippen LogP contribution in [0.4, 0.5) is 13.2 Å². The molecule has 52 heavy (non-hydrogen) atoms. The third-order valence-electron chi connectivity index (χ3n) is 7.86. The number of halogens is 3. The van der Waals surface area contributed by atoms with Gasteiger partial charge in [0.2, 0.25) is 23.6 Å². The lowest BCUT2D eigenvalue weighted by atomic mass is 10.0. The zero-order chi connectivity index (χ0) is 38.1. The number of unbranched alkanes of at least 4 members (excludes halogenated alkanes) is 1. The van der Waals surface area contributed by atoms with Crippen molar-refractivity contribution in [2.75, 3.05) is 13.1 Å². The quantitative estimate of drug-likeness (QED) is 0.0518. The molecule has 0 aliphatic carbocycles. The number of guanidine groups is 1. The van der Waals surface area contributed by atoms with Crippen LogP contribution in [0.2, 0.25) is 0 Å². The summed E-state index contributed by atoms with van der Waals surface area (Å²) in [6, 6.07) is 16.1. The van der Waals surface area contributed by atoms with Crippen molar-refractivity contribution in [3.63, 3.8) is 0 Å². The number of primary amides is 1. The average Bonchev–Trinajstić information content (AvgIpc) is 3.10. The van der Waals surface area contributed by atoms with Crippen LogP contribution in [-0.4, -0.2) is 54.8 Å². The molecule has 0 aliphatic heterocycles. The molecule has 3 aromatic carbocycles. The van der Waals surface area contributed by atoms with Crippen LogP contribution in [0.5, 0.6) is 5.75 Å². The van der Waals surface area contributed by atoms with Crippen LogP contribution in [0.25, 0.3) is 0 Å². The molecular formula is C36H45F3N8O5. The molecule has 3 aromatic rings. The summed E-state index contributed by atoms with van der Waals surface area (Å²) in [6.07, 6.45) is -2.71. The Hall–Kier alpha value is -5.64. The van der Waals surface area contributed by atoms with Gasteiger partial charge in [-0.2, -0.15) is 13.2 Å². The number of hydrogen-bond donors (Lipinski definition) is 7. The van der Waals surface area contributed by atoms with Crippen LogP contribution in [-0.2, 0) is 38.4 Å². The van der Waals surface area contributed by atoms with Gasteiger partial charge in [0.1, 0.15) is 30.5 Å². The third kappa shape index (κ3) is 13.9. The van der Waals surface area contributed by atoms with E-state index in [-0.39, 0.29) is 38.4 Å². The molecule has 280 valence electrons. The van der Waals surface area contributed by atoms with Crippen LogP contribution in [0.1, 0.15) is 60.4 Å². The minimum absolute atomic E-state index is 0.0142. The molecule has 0 aromatic heterocycles. The molecule has 0 unspecified atom stereocenters. The van der Waals surface area contributed by atoms with Crippen molar-refractivity contribution in [3.05, 3.63) is 101 Å². The van der Waals surface area contributed by atoms with Crippen molar-refractivity contribution in [2.24, 2.45) is 27.9 Å². The number of nitrogens with two attached hydrogens (primary N) is 4. The maximum Gasteiger partial charge on any atom is 0.416 e. The number of hydrogen-bond acceptors (Lipinski definition) is 7. The first-order valence-corrected chi connectivity index (χ1v) is 16.6. The van der Waals surface area contributed by atoms with Gasteiger partial charge in [0.25, 0.3) is 0 Å². The van der Waals surface area contributed by atoms with E-state index in [4.69, 9.17) is 27.7 Å². The third-order valence-corrected chi connectivity index (χ3v) is 7.86. The summed E-state index contributed by atoms with van der Waals surface area (Å²) >= 11 is 0. The number of ether oxygens (including phenoxy) is 1. The summed E-state index contributed by atoms with van der Waals surface area (Å²) in [6.45, 7) is 0.544. The number of nitrogens with zero attached hydrogens (tertiary/aromatic N) is 1. The number of alkyl halides is 3. The van der Waals surface area contributed by atoms with Gasteiger partial charge in [0.05, 0.1) is 12.0 Å². The summed E-state index contributed by atoms with van der Waals surface area (Å²) in [4.78, 5) is 56.5. The minimum Gasteiger partial charge on any atom is -0.489 e. The highest BCUT2D eigenvalue weighted by Crippen LogP contribution is 2.29. The topological polar surface area (TPSA) is 230 Å². The zero-order valence-electron chi connectivity index (χ0n) is 28.5. The Bertz CT molecular complexity index is 1630. The number of carbonyl (C=O) groups excluding carboxylic acids is 4. The number of benzene rings is 3. The number of rotatable bonds is 20. The predicted octanol–water partition coefficient (Wildman–Crippen LogP) is 2.32. The first-order chi connectivity index (χ1) is 24.8. The van der Waals surface area contributed by atoms with Gasteiger partial charge in [-0.1, -0.05) is 54.6 Å². The fourth-order valence-electron chi connectivity index (χ4n) is 5.11. The fourth-order valence-corrected chi connectivity index (χ4v) is 5.11. The van der Waals surface area contributed by atoms with Crippen LogP contribution < -0.4 is 43.6 Å². The molecule has 13 nitrogen and oxygen atoms in total. The van der Waals surface area contributed by atoms with E-state index in [1.165, 1.54) is 36.4 Å². The first kappa shape index (κ1) is 40.8. The molecule has 0 bridgehead atoms. The Morgan fingerprint density at radius 2 is 1.35 bits per heavy atom. The van der Waals surface area contributed by atoms with Crippen LogP contribution in [0.3, 0.4) is 0 Å². The maximum absolute atomic E-state index is 13.6. The Labute approximate surface area is 299 Å². The Balaban J connectivity index is 1.70. The van der Waals surface area contributed by atoms with E-state index < -0.39 is 53.5 Å². The minimum atomic E-state index is -4.45. The molecule has 0 radical (unpaired) electrons. The van der Waals surface area contributed by atoms with E-state index in [2.05, 4.69) is 20.9 Å². The number of carbonyl (C=O) groups is 4. The zero-order valence-corrected chi connectivity index (χ0v) is 28.5. The van der Waals surface area contributed by atoms with E-state index >= 15 is 0 Å². The molecule has 3 rings (SSSR count). The fraction of sp³-hybridized carbons (Fsp3) is 0.361. The van der Waals surface area contributed by atoms with Gasteiger partial charge < -0.3 is 43.6 Å². The smallest absolute Gasteiger partial charge is 0.416 e. The molecule has 4 amide bonds. The van der Waals surface area contributed by atoms with Gasteiger partial charge in [-0.3, -0.25) is 24.2 Å². The molecule has 0 aliphatic rings. The van der Waals surface area contributed by atoms with E-state index in [9.17, 15) is 32.3 Å². The predicted molar refractivity (Wildman–Crippen MR) is 189 cm³/mol. The summed E-state index contributed by atoms with van der Waals surface area (Å²) in [7, 11) is 0. The molecular weight excluding hydrogens is 681 g/mol. The highest BCUT2D eigenvalue weighted by Gasteiger charge is 2.31. The van der Waals surface area contributed by atoms with Gasteiger partial charge in [0, 0.05) is 6.54 Å². The number of amides is 4. The standard InChI is InChI=1S/C36H45F3N8O5/c37-36(38,39)26-15-11-24(12-16-26)22-52-27-17-13-25(14-18-27)31(32(41)49)47-34(51)29(9-4-5-19-40)46-33(50)28(10-6-20-44-35(42)43)45-30(48)21-23-7-2-1-3-8-23/h1-3,7-8,11-18,28-29,31H,4-6,9-10,19-22,40H2,(H2,41,49)(H,45,48)(H,46,50)(H,47,51)(H4,42,43,44)/t28-,29-,31-/m0/s1. The van der Waals surface area contributed by atoms with Crippen molar-refractivity contribution in [2.45, 2.75) is 69.4 Å². The van der Waals surface area contributed by atoms with Crippen molar-refractivity contribution in [1.29, 1.82) is 0 Å². The summed E-state index contributed by atoms with van der Waals surface area (Å²) in [5.41, 5.74) is 22.9. The van der Waals surface area contributed by atoms with Crippen LogP contribution in [0, 0.1) is 0 Å². The SMILES string of the molecule is NCCCC[C@H](NC(=O)[C@H](CCCN=C(N)N)NC(=O)Cc1ccccc1)C(=O)N[C@H](C(N)=O)c1ccc(OCc2ccc(C(F)(F)F)cc2)cc1. The van der Waals surface area contributed by atoms with Gasteiger partial charge in [-0.15, -0.1) is 0 Å². The molecule has 0 saturated heterocycles. The Morgan fingerprint density at radius 1 is 0.731 bits per heavy atom. The van der Waals surface area contributed by atoms with E-state index in [1.807, 2.05) is 6.07 Å². The average molecular weight is 727 g/mol. The highest BCUT2D eigenvalue weighted by atomic mass is 19.4. The first-order valence-electron chi connectivity index (χ1n) is 16.6. The lowest BCUT2D eigenvalue weighted by Gasteiger charge is -2.25. The van der Waals surface area contributed by atoms with Crippen LogP contribution in [0.15, 0.2) is 83.9 Å². The van der Waals surface area contributed by atoms with E-state index in [0.717, 1.165) is 17.7 Å². The molecule has 0 heterocycles. The van der Waals surface area contributed by atoms with Crippen molar-refractivity contribution < 1.29 is 37.1 Å². The van der Waals surface area contributed by atoms with Crippen molar-refractivity contribution in [3.8, 4) is 5.75 Å². The summed E-state index contributed by atoms with van der Waals surface area (Å²) < 4.78 is 44.2. The summed E-state index contributed by atoms with van der Waals surface area (Å²) in [5, 5.41) is 8.07. The second kappa shape index (κ2) is 20.3. The lowest BCUT2D eigenvalue weighted by molar-refractivity contribution is -0.137. The number of nitrogens with one attached hydrogen (secondary N) is 3. The van der Waals surface area contributed by atoms with Crippen LogP contribution >= 0.6 is 0 Å². The Morgan fingerprint density at radius 3 is 1.94 bits per heavy atom. The van der Waals surface area contributed by atoms with Gasteiger partial charge >= 0.3 is 6.18 Å². The normalized spacial score (nSPS) is 12.8. The molecule has 0 spiro atoms. The highest BCUT2D eigenvalue weighted by molar-refractivity contribution is 5.94. The van der Waals surface area contributed by atoms with Gasteiger partial charge in [-0.05, 0) is 79.6 Å². The van der Waals surface area contributed by atoms with Gasteiger partial charge in [-0.25, -0.2) is 0 Å². The van der Waals surface area contributed by atoms with E-state index in [0.29, 0.717) is 42.7 Å².